The Labute approximate surface area is 137 Å². The minimum absolute atomic E-state index is 0.432. The number of aliphatic hydroxyl groups excluding tert-OH is 1. The van der Waals surface area contributed by atoms with Crippen LogP contribution in [0, 0.1) is 0 Å². The fourth-order valence-corrected chi connectivity index (χ4v) is 3.65. The maximum Gasteiger partial charge on any atom is 0.0813 e. The smallest absolute Gasteiger partial charge is 0.0813 e. The molecule has 3 nitrogen and oxygen atoms in total. The van der Waals surface area contributed by atoms with Gasteiger partial charge in [0.25, 0.3) is 0 Å². The van der Waals surface area contributed by atoms with Gasteiger partial charge >= 0.3 is 0 Å². The highest BCUT2D eigenvalue weighted by atomic mass is 35.5. The highest BCUT2D eigenvalue weighted by Gasteiger charge is 2.16. The maximum atomic E-state index is 10.5. The van der Waals surface area contributed by atoms with Crippen molar-refractivity contribution >= 4 is 23.4 Å². The fourth-order valence-electron chi connectivity index (χ4n) is 2.52. The fraction of sp³-hybridized carbons (Fsp3) is 0.625. The molecule has 1 atom stereocenters. The van der Waals surface area contributed by atoms with E-state index in [1.165, 1.54) is 0 Å². The van der Waals surface area contributed by atoms with Crippen LogP contribution in [0.25, 0.3) is 0 Å². The largest absolute Gasteiger partial charge is 0.388 e. The highest BCUT2D eigenvalue weighted by molar-refractivity contribution is 7.99. The number of nitrogens with one attached hydrogen (secondary N) is 1. The summed E-state index contributed by atoms with van der Waals surface area (Å²) in [6, 6.07) is 5.86. The molecule has 0 aromatic heterocycles. The number of halogens is 1. The van der Waals surface area contributed by atoms with E-state index in [-0.39, 0.29) is 0 Å². The van der Waals surface area contributed by atoms with Crippen molar-refractivity contribution < 1.29 is 5.11 Å². The summed E-state index contributed by atoms with van der Waals surface area (Å²) >= 11 is 7.91. The van der Waals surface area contributed by atoms with Crippen LogP contribution < -0.4 is 5.32 Å². The molecule has 2 rings (SSSR count). The van der Waals surface area contributed by atoms with Gasteiger partial charge in [-0.25, -0.2) is 0 Å². The van der Waals surface area contributed by atoms with Crippen LogP contribution in [0.15, 0.2) is 23.1 Å². The molecule has 0 amide bonds. The molecule has 0 aliphatic carbocycles. The van der Waals surface area contributed by atoms with Crippen molar-refractivity contribution in [2.75, 3.05) is 38.5 Å². The second-order valence-corrected chi connectivity index (χ2v) is 7.00. The van der Waals surface area contributed by atoms with Gasteiger partial charge in [0.05, 0.1) is 6.10 Å². The minimum Gasteiger partial charge on any atom is -0.388 e. The number of rotatable bonds is 7. The van der Waals surface area contributed by atoms with Gasteiger partial charge in [-0.05, 0) is 42.4 Å². The lowest BCUT2D eigenvalue weighted by atomic mass is 10.1. The van der Waals surface area contributed by atoms with Crippen LogP contribution in [-0.2, 0) is 0 Å². The number of benzene rings is 1. The predicted octanol–water partition coefficient (Wildman–Crippen LogP) is 3.17. The minimum atomic E-state index is -0.432. The van der Waals surface area contributed by atoms with E-state index in [0.29, 0.717) is 5.02 Å². The third kappa shape index (κ3) is 5.46. The van der Waals surface area contributed by atoms with E-state index in [1.54, 1.807) is 11.8 Å². The first-order valence-corrected chi connectivity index (χ1v) is 9.10. The molecule has 0 bridgehead atoms. The van der Waals surface area contributed by atoms with Gasteiger partial charge in [0.1, 0.15) is 0 Å². The summed E-state index contributed by atoms with van der Waals surface area (Å²) in [5.74, 6) is 1.07. The second kappa shape index (κ2) is 9.01. The molecule has 5 heteroatoms. The molecule has 118 valence electrons. The van der Waals surface area contributed by atoms with E-state index in [4.69, 9.17) is 11.6 Å². The van der Waals surface area contributed by atoms with Crippen LogP contribution >= 0.6 is 23.4 Å². The third-order valence-corrected chi connectivity index (χ3v) is 5.25. The second-order valence-electron chi connectivity index (χ2n) is 5.43. The zero-order valence-electron chi connectivity index (χ0n) is 12.6. The van der Waals surface area contributed by atoms with Crippen LogP contribution in [0.3, 0.4) is 0 Å². The zero-order valence-corrected chi connectivity index (χ0v) is 14.2. The van der Waals surface area contributed by atoms with Crippen molar-refractivity contribution in [1.29, 1.82) is 0 Å². The van der Waals surface area contributed by atoms with Crippen LogP contribution in [0.5, 0.6) is 0 Å². The molecule has 2 N–H and O–H groups in total. The molecule has 0 spiro atoms. The summed E-state index contributed by atoms with van der Waals surface area (Å²) in [6.45, 7) is 7.34. The average Bonchev–Trinajstić information content (AvgIpc) is 2.52. The molecule has 1 aliphatic rings. The van der Waals surface area contributed by atoms with Gasteiger partial charge in [0.15, 0.2) is 0 Å². The molecule has 0 radical (unpaired) electrons. The first-order chi connectivity index (χ1) is 10.2. The molecule has 21 heavy (non-hydrogen) atoms. The zero-order chi connectivity index (χ0) is 15.1. The van der Waals surface area contributed by atoms with Crippen LogP contribution in [0.4, 0.5) is 0 Å². The molecule has 1 aromatic rings. The van der Waals surface area contributed by atoms with Crippen LogP contribution in [-0.4, -0.2) is 48.5 Å². The molecule has 1 fully saturated rings. The van der Waals surface area contributed by atoms with Gasteiger partial charge in [-0.3, -0.25) is 0 Å². The van der Waals surface area contributed by atoms with Crippen LogP contribution in [0.1, 0.15) is 31.4 Å². The molecule has 1 unspecified atom stereocenters. The summed E-state index contributed by atoms with van der Waals surface area (Å²) in [5, 5.41) is 14.6. The lowest BCUT2D eigenvalue weighted by Crippen LogP contribution is -2.44. The average molecular weight is 329 g/mol. The van der Waals surface area contributed by atoms with Crippen LogP contribution in [0.2, 0.25) is 5.02 Å². The first kappa shape index (κ1) is 17.1. The SMILES string of the molecule is CCCSc1ccc(Cl)cc1C(O)CCN1CCNCC1. The normalized spacial score (nSPS) is 17.9. The summed E-state index contributed by atoms with van der Waals surface area (Å²) < 4.78 is 0. The van der Waals surface area contributed by atoms with E-state index in [9.17, 15) is 5.11 Å². The standard InChI is InChI=1S/C16H25ClN2OS/c1-2-11-21-16-4-3-13(17)12-14(16)15(20)5-8-19-9-6-18-7-10-19/h3-4,12,15,18,20H,2,5-11H2,1H3. The van der Waals surface area contributed by atoms with Gasteiger partial charge in [-0.1, -0.05) is 18.5 Å². The van der Waals surface area contributed by atoms with Gasteiger partial charge in [0.2, 0.25) is 0 Å². The molecule has 1 aromatic carbocycles. The molecular formula is C16H25ClN2OS. The summed E-state index contributed by atoms with van der Waals surface area (Å²) in [4.78, 5) is 3.57. The Bertz CT molecular complexity index is 438. The number of hydrogen-bond donors (Lipinski definition) is 2. The Morgan fingerprint density at radius 3 is 2.86 bits per heavy atom. The summed E-state index contributed by atoms with van der Waals surface area (Å²) in [6.07, 6.45) is 1.46. The Balaban J connectivity index is 1.95. The van der Waals surface area contributed by atoms with Gasteiger partial charge in [0, 0.05) is 42.6 Å². The molecule has 1 saturated heterocycles. The predicted molar refractivity (Wildman–Crippen MR) is 91.4 cm³/mol. The van der Waals surface area contributed by atoms with E-state index in [2.05, 4.69) is 17.1 Å². The number of hydrogen-bond acceptors (Lipinski definition) is 4. The van der Waals surface area contributed by atoms with Crippen molar-refractivity contribution in [2.45, 2.75) is 30.8 Å². The van der Waals surface area contributed by atoms with Crippen molar-refractivity contribution in [2.24, 2.45) is 0 Å². The van der Waals surface area contributed by atoms with E-state index in [0.717, 1.165) is 61.8 Å². The van der Waals surface area contributed by atoms with Crippen molar-refractivity contribution in [1.82, 2.24) is 10.2 Å². The monoisotopic (exact) mass is 328 g/mol. The Kier molecular flexibility index (Phi) is 7.34. The quantitative estimate of drug-likeness (QED) is 0.754. The molecular weight excluding hydrogens is 304 g/mol. The topological polar surface area (TPSA) is 35.5 Å². The van der Waals surface area contributed by atoms with Gasteiger partial charge < -0.3 is 15.3 Å². The Morgan fingerprint density at radius 2 is 2.14 bits per heavy atom. The molecule has 0 saturated carbocycles. The Hall–Kier alpha value is -0.260. The summed E-state index contributed by atoms with van der Waals surface area (Å²) in [5.41, 5.74) is 0.982. The van der Waals surface area contributed by atoms with E-state index in [1.807, 2.05) is 18.2 Å². The number of thioether (sulfide) groups is 1. The van der Waals surface area contributed by atoms with Crippen molar-refractivity contribution in [3.8, 4) is 0 Å². The molecule has 1 heterocycles. The lowest BCUT2D eigenvalue weighted by Gasteiger charge is -2.28. The Morgan fingerprint density at radius 1 is 1.38 bits per heavy atom. The highest BCUT2D eigenvalue weighted by Crippen LogP contribution is 2.32. The molecule has 1 aliphatic heterocycles. The van der Waals surface area contributed by atoms with E-state index < -0.39 is 6.10 Å². The number of aliphatic hydroxyl groups is 1. The maximum absolute atomic E-state index is 10.5. The van der Waals surface area contributed by atoms with Crippen molar-refractivity contribution in [3.05, 3.63) is 28.8 Å². The first-order valence-electron chi connectivity index (χ1n) is 7.74. The lowest BCUT2D eigenvalue weighted by molar-refractivity contribution is 0.134. The van der Waals surface area contributed by atoms with Crippen molar-refractivity contribution in [3.63, 3.8) is 0 Å². The van der Waals surface area contributed by atoms with Gasteiger partial charge in [-0.15, -0.1) is 11.8 Å². The number of nitrogens with zero attached hydrogens (tertiary/aromatic N) is 1. The van der Waals surface area contributed by atoms with Gasteiger partial charge in [-0.2, -0.15) is 0 Å². The number of piperazine rings is 1. The third-order valence-electron chi connectivity index (χ3n) is 3.72. The summed E-state index contributed by atoms with van der Waals surface area (Å²) in [7, 11) is 0. The van der Waals surface area contributed by atoms with E-state index >= 15 is 0 Å².